The Labute approximate surface area is 138 Å². The van der Waals surface area contributed by atoms with E-state index in [-0.39, 0.29) is 12.5 Å². The van der Waals surface area contributed by atoms with E-state index in [2.05, 4.69) is 10.1 Å². The highest BCUT2D eigenvalue weighted by Gasteiger charge is 2.27. The summed E-state index contributed by atoms with van der Waals surface area (Å²) in [5.74, 6) is -0.277. The number of nitrogens with one attached hydrogen (secondary N) is 1. The fraction of sp³-hybridized carbons (Fsp3) is 0.278. The van der Waals surface area contributed by atoms with E-state index >= 15 is 0 Å². The highest BCUT2D eigenvalue weighted by molar-refractivity contribution is 6.04. The van der Waals surface area contributed by atoms with Crippen LogP contribution in [0.1, 0.15) is 27.0 Å². The number of amides is 1. The number of benzene rings is 2. The van der Waals surface area contributed by atoms with Gasteiger partial charge < -0.3 is 10.1 Å². The Balaban J connectivity index is 1.94. The van der Waals surface area contributed by atoms with Crippen LogP contribution in [-0.2, 0) is 11.3 Å². The van der Waals surface area contributed by atoms with Gasteiger partial charge in [0.2, 0.25) is 0 Å². The van der Waals surface area contributed by atoms with Gasteiger partial charge in [-0.2, -0.15) is 13.2 Å². The Bertz CT molecular complexity index is 709. The molecular weight excluding hydrogens is 319 g/mol. The van der Waals surface area contributed by atoms with Gasteiger partial charge in [0.15, 0.2) is 0 Å². The van der Waals surface area contributed by atoms with E-state index in [0.717, 1.165) is 11.1 Å². The molecule has 2 aromatic carbocycles. The normalized spacial score (nSPS) is 11.4. The van der Waals surface area contributed by atoms with Gasteiger partial charge in [0.05, 0.1) is 6.61 Å². The summed E-state index contributed by atoms with van der Waals surface area (Å²) in [6.07, 6.45) is -4.34. The Kier molecular flexibility index (Phi) is 5.62. The minimum Gasteiger partial charge on any atom is -0.367 e. The first-order valence-electron chi connectivity index (χ1n) is 7.36. The standard InChI is InChI=1S/C18H18F3NO2/c1-12-3-8-16(9-13(12)2)22-17(23)15-6-4-14(5-7-15)10-24-11-18(19,20)21/h3-9H,10-11H2,1-2H3,(H,22,23). The fourth-order valence-corrected chi connectivity index (χ4v) is 2.06. The minimum absolute atomic E-state index is 0.154. The smallest absolute Gasteiger partial charge is 0.367 e. The molecule has 0 aliphatic heterocycles. The van der Waals surface area contributed by atoms with Gasteiger partial charge in [-0.1, -0.05) is 18.2 Å². The molecule has 0 saturated heterocycles. The second kappa shape index (κ2) is 7.49. The van der Waals surface area contributed by atoms with E-state index < -0.39 is 12.8 Å². The van der Waals surface area contributed by atoms with E-state index in [4.69, 9.17) is 0 Å². The lowest BCUT2D eigenvalue weighted by Crippen LogP contribution is -2.16. The first kappa shape index (κ1) is 18.0. The highest BCUT2D eigenvalue weighted by Crippen LogP contribution is 2.17. The van der Waals surface area contributed by atoms with Gasteiger partial charge in [-0.05, 0) is 54.8 Å². The molecule has 0 aromatic heterocycles. The number of hydrogen-bond acceptors (Lipinski definition) is 2. The molecule has 0 fully saturated rings. The number of hydrogen-bond donors (Lipinski definition) is 1. The average molecular weight is 337 g/mol. The third kappa shape index (κ3) is 5.38. The van der Waals surface area contributed by atoms with Crippen molar-refractivity contribution in [1.82, 2.24) is 0 Å². The van der Waals surface area contributed by atoms with Crippen molar-refractivity contribution in [1.29, 1.82) is 0 Å². The van der Waals surface area contributed by atoms with E-state index in [9.17, 15) is 18.0 Å². The van der Waals surface area contributed by atoms with Gasteiger partial charge in [-0.25, -0.2) is 0 Å². The third-order valence-electron chi connectivity index (χ3n) is 3.52. The van der Waals surface area contributed by atoms with Crippen molar-refractivity contribution in [3.63, 3.8) is 0 Å². The largest absolute Gasteiger partial charge is 0.411 e. The summed E-state index contributed by atoms with van der Waals surface area (Å²) in [4.78, 5) is 12.2. The summed E-state index contributed by atoms with van der Waals surface area (Å²) in [5, 5.41) is 2.79. The van der Waals surface area contributed by atoms with Crippen LogP contribution in [0.15, 0.2) is 42.5 Å². The van der Waals surface area contributed by atoms with Crippen LogP contribution in [0.3, 0.4) is 0 Å². The van der Waals surface area contributed by atoms with Crippen LogP contribution < -0.4 is 5.32 Å². The van der Waals surface area contributed by atoms with Crippen molar-refractivity contribution in [3.05, 3.63) is 64.7 Å². The van der Waals surface area contributed by atoms with Crippen molar-refractivity contribution >= 4 is 11.6 Å². The van der Waals surface area contributed by atoms with Gasteiger partial charge in [-0.3, -0.25) is 4.79 Å². The molecule has 0 radical (unpaired) electrons. The summed E-state index contributed by atoms with van der Waals surface area (Å²) in [7, 11) is 0. The van der Waals surface area contributed by atoms with Crippen molar-refractivity contribution in [2.75, 3.05) is 11.9 Å². The summed E-state index contributed by atoms with van der Waals surface area (Å²) < 4.78 is 40.6. The zero-order valence-corrected chi connectivity index (χ0v) is 13.4. The van der Waals surface area contributed by atoms with Crippen molar-refractivity contribution < 1.29 is 22.7 Å². The van der Waals surface area contributed by atoms with Crippen LogP contribution in [0.4, 0.5) is 18.9 Å². The van der Waals surface area contributed by atoms with Gasteiger partial charge in [0, 0.05) is 11.3 Å². The molecule has 128 valence electrons. The molecule has 0 bridgehead atoms. The Morgan fingerprint density at radius 1 is 1.04 bits per heavy atom. The van der Waals surface area contributed by atoms with Crippen LogP contribution in [0, 0.1) is 13.8 Å². The predicted octanol–water partition coefficient (Wildman–Crippen LogP) is 4.63. The number of carbonyl (C=O) groups excluding carboxylic acids is 1. The molecule has 2 rings (SSSR count). The molecule has 1 N–H and O–H groups in total. The minimum atomic E-state index is -4.34. The molecule has 3 nitrogen and oxygen atoms in total. The first-order chi connectivity index (χ1) is 11.2. The predicted molar refractivity (Wildman–Crippen MR) is 86.0 cm³/mol. The molecule has 0 unspecified atom stereocenters. The van der Waals surface area contributed by atoms with Crippen LogP contribution in [0.5, 0.6) is 0 Å². The summed E-state index contributed by atoms with van der Waals surface area (Å²) in [5.41, 5.74) is 3.90. The van der Waals surface area contributed by atoms with Gasteiger partial charge >= 0.3 is 6.18 Å². The fourth-order valence-electron chi connectivity index (χ4n) is 2.06. The molecule has 24 heavy (non-hydrogen) atoms. The number of ether oxygens (including phenoxy) is 1. The summed E-state index contributed by atoms with van der Waals surface area (Å²) in [6.45, 7) is 2.50. The molecular formula is C18H18F3NO2. The van der Waals surface area contributed by atoms with E-state index in [0.29, 0.717) is 16.8 Å². The van der Waals surface area contributed by atoms with Crippen LogP contribution in [-0.4, -0.2) is 18.7 Å². The molecule has 6 heteroatoms. The second-order valence-electron chi connectivity index (χ2n) is 5.56. The lowest BCUT2D eigenvalue weighted by Gasteiger charge is -2.09. The van der Waals surface area contributed by atoms with Crippen molar-refractivity contribution in [3.8, 4) is 0 Å². The molecule has 0 heterocycles. The number of rotatable bonds is 5. The molecule has 0 aliphatic carbocycles. The van der Waals surface area contributed by atoms with Crippen LogP contribution in [0.2, 0.25) is 0 Å². The third-order valence-corrected chi connectivity index (χ3v) is 3.52. The number of aryl methyl sites for hydroxylation is 2. The van der Waals surface area contributed by atoms with Crippen LogP contribution in [0.25, 0.3) is 0 Å². The zero-order chi connectivity index (χ0) is 17.7. The molecule has 0 saturated carbocycles. The SMILES string of the molecule is Cc1ccc(NC(=O)c2ccc(COCC(F)(F)F)cc2)cc1C. The van der Waals surface area contributed by atoms with E-state index in [1.807, 2.05) is 32.0 Å². The number of alkyl halides is 3. The summed E-state index contributed by atoms with van der Waals surface area (Å²) in [6, 6.07) is 11.9. The maximum Gasteiger partial charge on any atom is 0.411 e. The summed E-state index contributed by atoms with van der Waals surface area (Å²) >= 11 is 0. The number of halogens is 3. The Morgan fingerprint density at radius 3 is 2.29 bits per heavy atom. The molecule has 1 amide bonds. The van der Waals surface area contributed by atoms with Gasteiger partial charge in [0.25, 0.3) is 5.91 Å². The zero-order valence-electron chi connectivity index (χ0n) is 13.4. The molecule has 0 spiro atoms. The first-order valence-corrected chi connectivity index (χ1v) is 7.36. The molecule has 0 aliphatic rings. The van der Waals surface area contributed by atoms with E-state index in [1.165, 1.54) is 0 Å². The Morgan fingerprint density at radius 2 is 1.71 bits per heavy atom. The lowest BCUT2D eigenvalue weighted by atomic mass is 10.1. The average Bonchev–Trinajstić information content (AvgIpc) is 2.50. The number of carbonyl (C=O) groups is 1. The second-order valence-corrected chi connectivity index (χ2v) is 5.56. The van der Waals surface area contributed by atoms with Gasteiger partial charge in [0.1, 0.15) is 6.61 Å². The quantitative estimate of drug-likeness (QED) is 0.863. The highest BCUT2D eigenvalue weighted by atomic mass is 19.4. The van der Waals surface area contributed by atoms with Gasteiger partial charge in [-0.15, -0.1) is 0 Å². The molecule has 0 atom stereocenters. The topological polar surface area (TPSA) is 38.3 Å². The van der Waals surface area contributed by atoms with E-state index in [1.54, 1.807) is 24.3 Å². The van der Waals surface area contributed by atoms with Crippen molar-refractivity contribution in [2.45, 2.75) is 26.6 Å². The number of anilines is 1. The maximum absolute atomic E-state index is 12.2. The monoisotopic (exact) mass is 337 g/mol. The Hall–Kier alpha value is -2.34. The van der Waals surface area contributed by atoms with Crippen molar-refractivity contribution in [2.24, 2.45) is 0 Å². The van der Waals surface area contributed by atoms with Crippen LogP contribution >= 0.6 is 0 Å². The maximum atomic E-state index is 12.2. The lowest BCUT2D eigenvalue weighted by molar-refractivity contribution is -0.176. The molecule has 2 aromatic rings.